The molecule has 4 aromatic rings. The molecular weight excluding hydrogens is 416 g/mol. The van der Waals surface area contributed by atoms with Crippen molar-refractivity contribution < 1.29 is 4.79 Å². The van der Waals surface area contributed by atoms with Gasteiger partial charge in [0.05, 0.1) is 17.8 Å². The second kappa shape index (κ2) is 9.83. The summed E-state index contributed by atoms with van der Waals surface area (Å²) in [7, 11) is 0. The Morgan fingerprint density at radius 2 is 1.41 bits per heavy atom. The number of thioether (sulfide) groups is 1. The van der Waals surface area contributed by atoms with Crippen LogP contribution in [0.1, 0.15) is 29.4 Å². The van der Waals surface area contributed by atoms with Crippen molar-refractivity contribution in [1.29, 1.82) is 0 Å². The van der Waals surface area contributed by atoms with E-state index < -0.39 is 5.54 Å². The number of aryl methyl sites for hydroxylation is 1. The largest absolute Gasteiger partial charge is 0.342 e. The van der Waals surface area contributed by atoms with Crippen LogP contribution >= 0.6 is 11.8 Å². The third kappa shape index (κ3) is 4.92. The van der Waals surface area contributed by atoms with Gasteiger partial charge in [-0.25, -0.2) is 0 Å². The third-order valence-corrected chi connectivity index (χ3v) is 6.48. The first-order valence-electron chi connectivity index (χ1n) is 10.5. The summed E-state index contributed by atoms with van der Waals surface area (Å²) in [6.45, 7) is 4.65. The van der Waals surface area contributed by atoms with Crippen LogP contribution in [0.4, 0.5) is 0 Å². The molecule has 32 heavy (non-hydrogen) atoms. The predicted molar refractivity (Wildman–Crippen MR) is 129 cm³/mol. The van der Waals surface area contributed by atoms with Gasteiger partial charge in [-0.2, -0.15) is 0 Å². The summed E-state index contributed by atoms with van der Waals surface area (Å²) < 4.78 is 2.04. The molecule has 0 aliphatic rings. The van der Waals surface area contributed by atoms with Crippen molar-refractivity contribution in [3.63, 3.8) is 0 Å². The van der Waals surface area contributed by atoms with Gasteiger partial charge in [0.25, 0.3) is 0 Å². The first kappa shape index (κ1) is 21.8. The lowest BCUT2D eigenvalue weighted by Gasteiger charge is -2.32. The lowest BCUT2D eigenvalue weighted by molar-refractivity contribution is -0.120. The summed E-state index contributed by atoms with van der Waals surface area (Å²) in [5, 5.41) is 12.5. The van der Waals surface area contributed by atoms with Gasteiger partial charge in [-0.3, -0.25) is 4.79 Å². The molecule has 0 aliphatic carbocycles. The predicted octanol–water partition coefficient (Wildman–Crippen LogP) is 4.81. The molecular formula is C26H26N4OS. The number of benzene rings is 3. The van der Waals surface area contributed by atoms with Crippen molar-refractivity contribution in [2.75, 3.05) is 5.75 Å². The SMILES string of the molecule is Cc1nnc(SCC(=O)NC(C)(c2ccccc2)c2ccccc2)n1Cc1ccccc1. The topological polar surface area (TPSA) is 59.8 Å². The molecule has 0 saturated heterocycles. The Kier molecular flexibility index (Phi) is 6.71. The van der Waals surface area contributed by atoms with Gasteiger partial charge in [-0.1, -0.05) is 103 Å². The minimum atomic E-state index is -0.631. The average Bonchev–Trinajstić information content (AvgIpc) is 3.18. The molecule has 1 aromatic heterocycles. The monoisotopic (exact) mass is 442 g/mol. The average molecular weight is 443 g/mol. The number of carbonyl (C=O) groups excluding carboxylic acids is 1. The number of nitrogens with one attached hydrogen (secondary N) is 1. The van der Waals surface area contributed by atoms with Gasteiger partial charge in [-0.05, 0) is 30.5 Å². The number of hydrogen-bond donors (Lipinski definition) is 1. The fourth-order valence-corrected chi connectivity index (χ4v) is 4.50. The van der Waals surface area contributed by atoms with E-state index in [1.807, 2.05) is 97.3 Å². The summed E-state index contributed by atoms with van der Waals surface area (Å²) in [6.07, 6.45) is 0. The highest BCUT2D eigenvalue weighted by atomic mass is 32.2. The zero-order valence-corrected chi connectivity index (χ0v) is 19.0. The highest BCUT2D eigenvalue weighted by Crippen LogP contribution is 2.29. The summed E-state index contributed by atoms with van der Waals surface area (Å²) in [5.74, 6) is 1.02. The van der Waals surface area contributed by atoms with E-state index >= 15 is 0 Å². The molecule has 6 heteroatoms. The number of rotatable bonds is 8. The highest BCUT2D eigenvalue weighted by Gasteiger charge is 2.30. The Morgan fingerprint density at radius 1 is 0.875 bits per heavy atom. The highest BCUT2D eigenvalue weighted by molar-refractivity contribution is 7.99. The lowest BCUT2D eigenvalue weighted by Crippen LogP contribution is -2.45. The van der Waals surface area contributed by atoms with E-state index in [0.29, 0.717) is 6.54 Å². The van der Waals surface area contributed by atoms with Crippen LogP contribution in [-0.2, 0) is 16.9 Å². The van der Waals surface area contributed by atoms with Crippen LogP contribution < -0.4 is 5.32 Å². The van der Waals surface area contributed by atoms with Crippen LogP contribution in [-0.4, -0.2) is 26.4 Å². The van der Waals surface area contributed by atoms with Crippen molar-refractivity contribution in [3.8, 4) is 0 Å². The molecule has 3 aromatic carbocycles. The molecule has 162 valence electrons. The van der Waals surface area contributed by atoms with E-state index in [0.717, 1.165) is 22.1 Å². The summed E-state index contributed by atoms with van der Waals surface area (Å²) in [6, 6.07) is 30.3. The maximum Gasteiger partial charge on any atom is 0.231 e. The van der Waals surface area contributed by atoms with Gasteiger partial charge in [0.15, 0.2) is 5.16 Å². The van der Waals surface area contributed by atoms with E-state index in [9.17, 15) is 4.79 Å². The van der Waals surface area contributed by atoms with Crippen LogP contribution in [0.25, 0.3) is 0 Å². The Labute approximate surface area is 192 Å². The van der Waals surface area contributed by atoms with Gasteiger partial charge in [0.1, 0.15) is 5.82 Å². The molecule has 1 heterocycles. The number of amides is 1. The fourth-order valence-electron chi connectivity index (χ4n) is 3.72. The van der Waals surface area contributed by atoms with Crippen molar-refractivity contribution >= 4 is 17.7 Å². The smallest absolute Gasteiger partial charge is 0.231 e. The second-order valence-corrected chi connectivity index (χ2v) is 8.74. The minimum absolute atomic E-state index is 0.0582. The Bertz CT molecular complexity index is 1120. The molecule has 0 aliphatic heterocycles. The summed E-state index contributed by atoms with van der Waals surface area (Å²) >= 11 is 1.40. The van der Waals surface area contributed by atoms with E-state index in [-0.39, 0.29) is 11.7 Å². The van der Waals surface area contributed by atoms with Crippen molar-refractivity contribution in [2.45, 2.75) is 31.1 Å². The first-order chi connectivity index (χ1) is 15.6. The molecule has 4 rings (SSSR count). The van der Waals surface area contributed by atoms with E-state index in [4.69, 9.17) is 0 Å². The molecule has 0 saturated carbocycles. The van der Waals surface area contributed by atoms with Crippen LogP contribution in [0.15, 0.2) is 96.2 Å². The second-order valence-electron chi connectivity index (χ2n) is 7.80. The molecule has 1 N–H and O–H groups in total. The van der Waals surface area contributed by atoms with Crippen LogP contribution in [0.5, 0.6) is 0 Å². The minimum Gasteiger partial charge on any atom is -0.342 e. The standard InChI is InChI=1S/C26H26N4OS/c1-20-28-29-25(30(20)18-21-12-6-3-7-13-21)32-19-24(31)27-26(2,22-14-8-4-9-15-22)23-16-10-5-11-17-23/h3-17H,18-19H2,1-2H3,(H,27,31). The van der Waals surface area contributed by atoms with E-state index in [2.05, 4.69) is 27.6 Å². The zero-order chi connectivity index (χ0) is 22.4. The fraction of sp³-hybridized carbons (Fsp3) is 0.192. The van der Waals surface area contributed by atoms with E-state index in [1.165, 1.54) is 17.3 Å². The number of nitrogens with zero attached hydrogens (tertiary/aromatic N) is 3. The van der Waals surface area contributed by atoms with Gasteiger partial charge in [0, 0.05) is 0 Å². The zero-order valence-electron chi connectivity index (χ0n) is 18.2. The van der Waals surface area contributed by atoms with Crippen LogP contribution in [0.2, 0.25) is 0 Å². The molecule has 0 bridgehead atoms. The van der Waals surface area contributed by atoms with Gasteiger partial charge < -0.3 is 9.88 Å². The molecule has 1 amide bonds. The quantitative estimate of drug-likeness (QED) is 0.398. The lowest BCUT2D eigenvalue weighted by atomic mass is 9.84. The number of hydrogen-bond acceptors (Lipinski definition) is 4. The molecule has 0 fully saturated rings. The molecule has 0 radical (unpaired) electrons. The molecule has 0 spiro atoms. The molecule has 0 atom stereocenters. The van der Waals surface area contributed by atoms with Gasteiger partial charge in [-0.15, -0.1) is 10.2 Å². The van der Waals surface area contributed by atoms with Gasteiger partial charge >= 0.3 is 0 Å². The summed E-state index contributed by atoms with van der Waals surface area (Å²) in [5.41, 5.74) is 2.61. The normalized spacial score (nSPS) is 11.3. The third-order valence-electron chi connectivity index (χ3n) is 5.51. The maximum absolute atomic E-state index is 13.1. The Balaban J connectivity index is 1.50. The Morgan fingerprint density at radius 3 is 1.97 bits per heavy atom. The number of aromatic nitrogens is 3. The summed E-state index contributed by atoms with van der Waals surface area (Å²) in [4.78, 5) is 13.1. The van der Waals surface area contributed by atoms with Gasteiger partial charge in [0.2, 0.25) is 5.91 Å². The van der Waals surface area contributed by atoms with Crippen molar-refractivity contribution in [1.82, 2.24) is 20.1 Å². The van der Waals surface area contributed by atoms with E-state index in [1.54, 1.807) is 0 Å². The van der Waals surface area contributed by atoms with Crippen LogP contribution in [0.3, 0.4) is 0 Å². The molecule has 0 unspecified atom stereocenters. The van der Waals surface area contributed by atoms with Crippen molar-refractivity contribution in [2.24, 2.45) is 0 Å². The first-order valence-corrected chi connectivity index (χ1v) is 11.5. The molecule has 5 nitrogen and oxygen atoms in total. The maximum atomic E-state index is 13.1. The number of carbonyl (C=O) groups is 1. The van der Waals surface area contributed by atoms with Crippen LogP contribution in [0, 0.1) is 6.92 Å². The van der Waals surface area contributed by atoms with Crippen molar-refractivity contribution in [3.05, 3.63) is 114 Å². The Hall–Kier alpha value is -3.38.